The number of halogens is 2. The Morgan fingerprint density at radius 1 is 1.00 bits per heavy atom. The first-order chi connectivity index (χ1) is 12.1. The Bertz CT molecular complexity index is 1080. The van der Waals surface area contributed by atoms with Crippen LogP contribution in [0.25, 0.3) is 34.4 Å². The predicted molar refractivity (Wildman–Crippen MR) is 88.4 cm³/mol. The van der Waals surface area contributed by atoms with Crippen LogP contribution in [0.15, 0.2) is 36.4 Å². The highest BCUT2D eigenvalue weighted by molar-refractivity contribution is 5.92. The number of aromatic hydroxyl groups is 1. The van der Waals surface area contributed by atoms with Crippen molar-refractivity contribution in [2.75, 3.05) is 0 Å². The van der Waals surface area contributed by atoms with Crippen LogP contribution in [0.2, 0.25) is 0 Å². The summed E-state index contributed by atoms with van der Waals surface area (Å²) in [5.74, 6) is -0.574. The summed E-state index contributed by atoms with van der Waals surface area (Å²) in [5.41, 5.74) is 1.99. The highest BCUT2D eigenvalue weighted by atomic mass is 19.1. The Labute approximate surface area is 139 Å². The fourth-order valence-electron chi connectivity index (χ4n) is 2.49. The number of nitrogens with zero attached hydrogens (tertiary/aromatic N) is 3. The molecule has 0 aliphatic carbocycles. The van der Waals surface area contributed by atoms with Crippen molar-refractivity contribution in [1.29, 1.82) is 0 Å². The van der Waals surface area contributed by atoms with Gasteiger partial charge in [-0.2, -0.15) is 5.10 Å². The Morgan fingerprint density at radius 2 is 1.80 bits per heavy atom. The third-order valence-corrected chi connectivity index (χ3v) is 3.71. The van der Waals surface area contributed by atoms with Crippen molar-refractivity contribution < 1.29 is 13.9 Å². The van der Waals surface area contributed by atoms with Gasteiger partial charge in [-0.25, -0.2) is 8.78 Å². The van der Waals surface area contributed by atoms with Gasteiger partial charge in [-0.1, -0.05) is 23.3 Å². The topological polar surface area (TPSA) is 90.5 Å². The summed E-state index contributed by atoms with van der Waals surface area (Å²) in [7, 11) is 0. The zero-order valence-electron chi connectivity index (χ0n) is 12.7. The van der Waals surface area contributed by atoms with E-state index in [-0.39, 0.29) is 23.2 Å². The van der Waals surface area contributed by atoms with E-state index in [4.69, 9.17) is 0 Å². The highest BCUT2D eigenvalue weighted by Gasteiger charge is 2.13. The summed E-state index contributed by atoms with van der Waals surface area (Å²) in [5, 5.41) is 23.8. The molecular formula is C17H11F2N5O. The molecule has 6 nitrogen and oxygen atoms in total. The molecule has 25 heavy (non-hydrogen) atoms. The lowest BCUT2D eigenvalue weighted by molar-refractivity contribution is 0.433. The first-order valence-electron chi connectivity index (χ1n) is 7.33. The van der Waals surface area contributed by atoms with Gasteiger partial charge in [0.2, 0.25) is 0 Å². The molecule has 0 unspecified atom stereocenters. The van der Waals surface area contributed by atoms with Crippen molar-refractivity contribution >= 4 is 23.1 Å². The number of hydrogen-bond donors (Lipinski definition) is 3. The third-order valence-electron chi connectivity index (χ3n) is 3.71. The Balaban J connectivity index is 1.77. The molecule has 0 saturated carbocycles. The van der Waals surface area contributed by atoms with Crippen molar-refractivity contribution in [3.05, 3.63) is 59.3 Å². The van der Waals surface area contributed by atoms with Crippen LogP contribution in [0.3, 0.4) is 0 Å². The minimum Gasteiger partial charge on any atom is -0.479 e. The molecule has 0 aliphatic heterocycles. The molecule has 0 bridgehead atoms. The van der Waals surface area contributed by atoms with E-state index in [1.54, 1.807) is 30.4 Å². The fourth-order valence-corrected chi connectivity index (χ4v) is 2.49. The molecule has 124 valence electrons. The molecule has 3 N–H and O–H groups in total. The van der Waals surface area contributed by atoms with Gasteiger partial charge in [0.05, 0.1) is 5.69 Å². The smallest absolute Gasteiger partial charge is 0.311 e. The van der Waals surface area contributed by atoms with Gasteiger partial charge in [0, 0.05) is 10.9 Å². The van der Waals surface area contributed by atoms with Crippen molar-refractivity contribution in [3.8, 4) is 17.4 Å². The minimum atomic E-state index is -0.502. The van der Waals surface area contributed by atoms with Gasteiger partial charge in [-0.3, -0.25) is 10.1 Å². The second kappa shape index (κ2) is 5.82. The van der Waals surface area contributed by atoms with E-state index in [9.17, 15) is 13.9 Å². The van der Waals surface area contributed by atoms with Gasteiger partial charge in [-0.15, -0.1) is 5.10 Å². The lowest BCUT2D eigenvalue weighted by Gasteiger charge is -1.99. The maximum absolute atomic E-state index is 14.3. The van der Waals surface area contributed by atoms with Crippen LogP contribution in [0.1, 0.15) is 11.3 Å². The van der Waals surface area contributed by atoms with Crippen LogP contribution in [0, 0.1) is 11.6 Å². The molecule has 0 amide bonds. The number of rotatable bonds is 3. The largest absolute Gasteiger partial charge is 0.479 e. The fraction of sp³-hybridized carbons (Fsp3) is 0. The van der Waals surface area contributed by atoms with Gasteiger partial charge >= 0.3 is 6.01 Å². The molecule has 2 heterocycles. The van der Waals surface area contributed by atoms with Crippen LogP contribution >= 0.6 is 0 Å². The normalized spacial score (nSPS) is 11.6. The summed E-state index contributed by atoms with van der Waals surface area (Å²) in [4.78, 5) is 2.54. The maximum atomic E-state index is 14.3. The number of hydrogen-bond acceptors (Lipinski definition) is 4. The van der Waals surface area contributed by atoms with Gasteiger partial charge in [0.25, 0.3) is 0 Å². The standard InChI is InChI=1S/C17H11F2N5O/c18-11-4-1-9(2-5-11)3-6-14-12-7-10(16-20-17(25)24-23-16)8-13(19)15(12)22-21-14/h1-8H,(H,21,22)(H2,20,23,24,25). The molecule has 0 spiro atoms. The second-order valence-electron chi connectivity index (χ2n) is 5.37. The van der Waals surface area contributed by atoms with Crippen molar-refractivity contribution in [2.24, 2.45) is 0 Å². The lowest BCUT2D eigenvalue weighted by atomic mass is 10.1. The van der Waals surface area contributed by atoms with Gasteiger partial charge in [0.1, 0.15) is 17.2 Å². The predicted octanol–water partition coefficient (Wildman–Crippen LogP) is 3.50. The molecule has 0 aliphatic rings. The number of aromatic nitrogens is 5. The van der Waals surface area contributed by atoms with Gasteiger partial charge in [0.15, 0.2) is 5.82 Å². The SMILES string of the molecule is Oc1nnc(-c2cc(F)c3[nH]nc(C=Cc4ccc(F)cc4)c3c2)[nH]1. The summed E-state index contributed by atoms with van der Waals surface area (Å²) in [6, 6.07) is 8.58. The maximum Gasteiger partial charge on any atom is 0.311 e. The van der Waals surface area contributed by atoms with E-state index in [1.165, 1.54) is 18.2 Å². The van der Waals surface area contributed by atoms with E-state index >= 15 is 0 Å². The minimum absolute atomic E-state index is 0.243. The zero-order chi connectivity index (χ0) is 17.4. The highest BCUT2D eigenvalue weighted by Crippen LogP contribution is 2.27. The van der Waals surface area contributed by atoms with Crippen molar-refractivity contribution in [3.63, 3.8) is 0 Å². The lowest BCUT2D eigenvalue weighted by Crippen LogP contribution is -1.85. The summed E-state index contributed by atoms with van der Waals surface area (Å²) >= 11 is 0. The Kier molecular flexibility index (Phi) is 3.50. The second-order valence-corrected chi connectivity index (χ2v) is 5.37. The molecule has 8 heteroatoms. The summed E-state index contributed by atoms with van der Waals surface area (Å²) < 4.78 is 27.2. The molecule has 2 aromatic carbocycles. The van der Waals surface area contributed by atoms with E-state index in [1.807, 2.05) is 0 Å². The van der Waals surface area contributed by atoms with Crippen LogP contribution < -0.4 is 0 Å². The number of aromatic amines is 2. The van der Waals surface area contributed by atoms with Gasteiger partial charge in [-0.05, 0) is 35.9 Å². The number of benzene rings is 2. The molecule has 0 fully saturated rings. The monoisotopic (exact) mass is 339 g/mol. The zero-order valence-corrected chi connectivity index (χ0v) is 12.7. The van der Waals surface area contributed by atoms with Gasteiger partial charge < -0.3 is 5.11 Å². The first-order valence-corrected chi connectivity index (χ1v) is 7.33. The quantitative estimate of drug-likeness (QED) is 0.533. The van der Waals surface area contributed by atoms with Crippen LogP contribution in [-0.4, -0.2) is 30.5 Å². The third kappa shape index (κ3) is 2.85. The van der Waals surface area contributed by atoms with E-state index < -0.39 is 5.82 Å². The van der Waals surface area contributed by atoms with Crippen LogP contribution in [-0.2, 0) is 0 Å². The molecule has 0 atom stereocenters. The molecular weight excluding hydrogens is 328 g/mol. The van der Waals surface area contributed by atoms with E-state index in [2.05, 4.69) is 25.4 Å². The van der Waals surface area contributed by atoms with Crippen LogP contribution in [0.4, 0.5) is 8.78 Å². The van der Waals surface area contributed by atoms with Crippen molar-refractivity contribution in [1.82, 2.24) is 25.4 Å². The first kappa shape index (κ1) is 15.0. The van der Waals surface area contributed by atoms with E-state index in [0.29, 0.717) is 16.6 Å². The average Bonchev–Trinajstić information content (AvgIpc) is 3.21. The number of H-pyrrole nitrogens is 2. The molecule has 0 saturated heterocycles. The Morgan fingerprint density at radius 3 is 2.52 bits per heavy atom. The molecule has 4 aromatic rings. The number of nitrogens with one attached hydrogen (secondary N) is 2. The summed E-state index contributed by atoms with van der Waals surface area (Å²) in [6.07, 6.45) is 3.45. The van der Waals surface area contributed by atoms with E-state index in [0.717, 1.165) is 5.56 Å². The van der Waals surface area contributed by atoms with Crippen molar-refractivity contribution in [2.45, 2.75) is 0 Å². The molecule has 0 radical (unpaired) electrons. The van der Waals surface area contributed by atoms with Crippen LogP contribution in [0.5, 0.6) is 6.01 Å². The number of fused-ring (bicyclic) bond motifs is 1. The molecule has 4 rings (SSSR count). The molecule has 2 aromatic heterocycles. The Hall–Kier alpha value is -3.55. The average molecular weight is 339 g/mol. The summed E-state index contributed by atoms with van der Waals surface area (Å²) in [6.45, 7) is 0.